The van der Waals surface area contributed by atoms with Gasteiger partial charge in [0.15, 0.2) is 12.2 Å². The van der Waals surface area contributed by atoms with E-state index in [0.29, 0.717) is 31.6 Å². The lowest BCUT2D eigenvalue weighted by atomic mass is 10.0. The number of rotatable bonds is 67. The highest BCUT2D eigenvalue weighted by molar-refractivity contribution is 7.47. The molecule has 3 N–H and O–H groups in total. The van der Waals surface area contributed by atoms with E-state index < -0.39 is 97.5 Å². The van der Waals surface area contributed by atoms with Gasteiger partial charge in [0.1, 0.15) is 19.3 Å². The lowest BCUT2D eigenvalue weighted by Gasteiger charge is -2.21. The highest BCUT2D eigenvalue weighted by Crippen LogP contribution is 2.45. The van der Waals surface area contributed by atoms with Gasteiger partial charge >= 0.3 is 39.5 Å². The van der Waals surface area contributed by atoms with Gasteiger partial charge in [0, 0.05) is 25.7 Å². The summed E-state index contributed by atoms with van der Waals surface area (Å²) in [6.45, 7) is 14.1. The number of esters is 4. The molecule has 0 aliphatic heterocycles. The zero-order valence-corrected chi connectivity index (χ0v) is 59.8. The summed E-state index contributed by atoms with van der Waals surface area (Å²) in [5, 5.41) is 10.6. The largest absolute Gasteiger partial charge is 0.472 e. The number of phosphoric acid groups is 2. The average Bonchev–Trinajstić information content (AvgIpc) is 3.54. The molecule has 0 bridgehead atoms. The lowest BCUT2D eigenvalue weighted by molar-refractivity contribution is -0.161. The second kappa shape index (κ2) is 59.8. The summed E-state index contributed by atoms with van der Waals surface area (Å²) in [5.74, 6) is 0.835. The predicted octanol–water partition coefficient (Wildman–Crippen LogP) is 19.7. The second-order valence-electron chi connectivity index (χ2n) is 27.2. The minimum atomic E-state index is -4.95. The van der Waals surface area contributed by atoms with Gasteiger partial charge in [-0.1, -0.05) is 293 Å². The smallest absolute Gasteiger partial charge is 0.462 e. The molecule has 0 saturated carbocycles. The Bertz CT molecular complexity index is 1760. The van der Waals surface area contributed by atoms with Gasteiger partial charge in [0.2, 0.25) is 0 Å². The van der Waals surface area contributed by atoms with E-state index in [4.69, 9.17) is 37.0 Å². The SMILES string of the molecule is CC(C)CCCCCCCCCCCCCC(=O)O[C@H](COC(=O)CCCCCCCCCCCCC(C)C)COP(=O)(O)OCC(O)COP(=O)(O)OC[C@@H](COC(=O)CCCCCCCCCC(C)C)OC(=O)CCCCCCCCCCCC(C)C. The van der Waals surface area contributed by atoms with Crippen molar-refractivity contribution < 1.29 is 80.2 Å². The number of aliphatic hydroxyl groups is 1. The second-order valence-corrected chi connectivity index (χ2v) is 30.1. The molecule has 17 nitrogen and oxygen atoms in total. The molecule has 0 amide bonds. The van der Waals surface area contributed by atoms with Crippen LogP contribution in [0.1, 0.15) is 344 Å². The zero-order valence-electron chi connectivity index (χ0n) is 58.1. The predicted molar refractivity (Wildman–Crippen MR) is 358 cm³/mol. The minimum absolute atomic E-state index is 0.104. The van der Waals surface area contributed by atoms with E-state index in [1.54, 1.807) is 0 Å². The van der Waals surface area contributed by atoms with E-state index >= 15 is 0 Å². The molecule has 0 heterocycles. The van der Waals surface area contributed by atoms with Crippen molar-refractivity contribution in [2.45, 2.75) is 363 Å². The van der Waals surface area contributed by atoms with Crippen molar-refractivity contribution in [2.24, 2.45) is 23.7 Å². The molecule has 0 aromatic heterocycles. The Morgan fingerprint density at radius 1 is 0.281 bits per heavy atom. The van der Waals surface area contributed by atoms with Gasteiger partial charge in [-0.15, -0.1) is 0 Å². The van der Waals surface area contributed by atoms with Crippen LogP contribution in [0.2, 0.25) is 0 Å². The molecule has 0 aromatic rings. The van der Waals surface area contributed by atoms with Crippen LogP contribution in [0.3, 0.4) is 0 Å². The van der Waals surface area contributed by atoms with Crippen molar-refractivity contribution in [3.63, 3.8) is 0 Å². The molecule has 528 valence electrons. The van der Waals surface area contributed by atoms with E-state index in [2.05, 4.69) is 55.4 Å². The van der Waals surface area contributed by atoms with Crippen molar-refractivity contribution in [3.05, 3.63) is 0 Å². The number of ether oxygens (including phenoxy) is 4. The van der Waals surface area contributed by atoms with Crippen molar-refractivity contribution >= 4 is 39.5 Å². The van der Waals surface area contributed by atoms with Crippen LogP contribution in [-0.4, -0.2) is 96.7 Å². The van der Waals surface area contributed by atoms with Gasteiger partial charge < -0.3 is 33.8 Å². The fourth-order valence-corrected chi connectivity index (χ4v) is 12.1. The van der Waals surface area contributed by atoms with Gasteiger partial charge in [-0.3, -0.25) is 37.3 Å². The maximum Gasteiger partial charge on any atom is 0.472 e. The number of hydrogen-bond donors (Lipinski definition) is 3. The highest BCUT2D eigenvalue weighted by Gasteiger charge is 2.30. The summed E-state index contributed by atoms with van der Waals surface area (Å²) in [6.07, 6.45) is 41.7. The Labute approximate surface area is 543 Å². The van der Waals surface area contributed by atoms with Gasteiger partial charge in [-0.2, -0.15) is 0 Å². The first-order valence-electron chi connectivity index (χ1n) is 36.2. The molecule has 0 aliphatic rings. The maximum absolute atomic E-state index is 13.0. The summed E-state index contributed by atoms with van der Waals surface area (Å²) in [7, 11) is -9.90. The van der Waals surface area contributed by atoms with Crippen LogP contribution in [-0.2, 0) is 65.4 Å². The molecule has 0 saturated heterocycles. The fraction of sp³-hybridized carbons (Fsp3) is 0.943. The number of carbonyl (C=O) groups excluding carboxylic acids is 4. The number of phosphoric ester groups is 2. The molecule has 0 fully saturated rings. The van der Waals surface area contributed by atoms with Crippen LogP contribution < -0.4 is 0 Å². The molecule has 3 unspecified atom stereocenters. The van der Waals surface area contributed by atoms with Gasteiger partial charge in [0.25, 0.3) is 0 Å². The molecule has 0 aromatic carbocycles. The van der Waals surface area contributed by atoms with Crippen molar-refractivity contribution in [3.8, 4) is 0 Å². The van der Waals surface area contributed by atoms with Crippen LogP contribution in [0.4, 0.5) is 0 Å². The third-order valence-corrected chi connectivity index (χ3v) is 18.0. The Kier molecular flexibility index (Phi) is 58.5. The van der Waals surface area contributed by atoms with Crippen LogP contribution >= 0.6 is 15.6 Å². The molecular weight excluding hydrogens is 1170 g/mol. The van der Waals surface area contributed by atoms with Gasteiger partial charge in [-0.25, -0.2) is 9.13 Å². The Morgan fingerprint density at radius 2 is 0.472 bits per heavy atom. The van der Waals surface area contributed by atoms with Crippen LogP contribution in [0, 0.1) is 23.7 Å². The number of unbranched alkanes of at least 4 members (excludes halogenated alkanes) is 33. The average molecular weight is 1310 g/mol. The summed E-state index contributed by atoms with van der Waals surface area (Å²) in [6, 6.07) is 0. The molecule has 0 spiro atoms. The summed E-state index contributed by atoms with van der Waals surface area (Å²) < 4.78 is 68.3. The monoisotopic (exact) mass is 1310 g/mol. The summed E-state index contributed by atoms with van der Waals surface area (Å²) in [5.41, 5.74) is 0. The van der Waals surface area contributed by atoms with E-state index in [0.717, 1.165) is 114 Å². The quantitative estimate of drug-likeness (QED) is 0.0222. The third kappa shape index (κ3) is 64.6. The normalized spacial score (nSPS) is 14.3. The third-order valence-electron chi connectivity index (χ3n) is 16.1. The van der Waals surface area contributed by atoms with Gasteiger partial charge in [-0.05, 0) is 49.4 Å². The molecule has 19 heteroatoms. The minimum Gasteiger partial charge on any atom is -0.462 e. The Morgan fingerprint density at radius 3 is 0.697 bits per heavy atom. The summed E-state index contributed by atoms with van der Waals surface area (Å²) in [4.78, 5) is 72.5. The number of aliphatic hydroxyl groups excluding tert-OH is 1. The van der Waals surface area contributed by atoms with Crippen molar-refractivity contribution in [2.75, 3.05) is 39.6 Å². The molecule has 5 atom stereocenters. The molecule has 0 rings (SSSR count). The molecule has 89 heavy (non-hydrogen) atoms. The van der Waals surface area contributed by atoms with E-state index in [9.17, 15) is 43.2 Å². The topological polar surface area (TPSA) is 237 Å². The van der Waals surface area contributed by atoms with Crippen LogP contribution in [0.25, 0.3) is 0 Å². The molecule has 0 radical (unpaired) electrons. The van der Waals surface area contributed by atoms with E-state index in [1.807, 2.05) is 0 Å². The zero-order chi connectivity index (χ0) is 66.1. The highest BCUT2D eigenvalue weighted by atomic mass is 31.2. The van der Waals surface area contributed by atoms with E-state index in [1.165, 1.54) is 141 Å². The molecule has 0 aliphatic carbocycles. The summed E-state index contributed by atoms with van der Waals surface area (Å²) >= 11 is 0. The van der Waals surface area contributed by atoms with Crippen molar-refractivity contribution in [1.29, 1.82) is 0 Å². The Balaban J connectivity index is 5.26. The van der Waals surface area contributed by atoms with Gasteiger partial charge in [0.05, 0.1) is 26.4 Å². The fourth-order valence-electron chi connectivity index (χ4n) is 10.5. The first-order chi connectivity index (χ1) is 42.6. The van der Waals surface area contributed by atoms with Crippen LogP contribution in [0.15, 0.2) is 0 Å². The standard InChI is InChI=1S/C70H136O17P2/c1-60(2)46-38-30-22-15-10-9-11-19-27-36-44-52-69(74)86-65(56-80-67(72)50-42-34-26-18-13-12-16-23-31-39-47-61(3)4)58-84-88(76,77)82-54-64(71)55-83-89(78,79)85-59-66(57-81-68(73)51-43-35-29-21-25-33-41-49-63(7)8)87-70(75)53-45-37-28-20-14-17-24-32-40-48-62(5)6/h60-66,71H,9-59H2,1-8H3,(H,76,77)(H,78,79)/t64?,65-,66-/m1/s1. The lowest BCUT2D eigenvalue weighted by Crippen LogP contribution is -2.30. The van der Waals surface area contributed by atoms with Crippen LogP contribution in [0.5, 0.6) is 0 Å². The first-order valence-corrected chi connectivity index (χ1v) is 39.2. The number of hydrogen-bond acceptors (Lipinski definition) is 15. The maximum atomic E-state index is 13.0. The Hall–Kier alpha value is -1.94. The van der Waals surface area contributed by atoms with E-state index in [-0.39, 0.29) is 25.7 Å². The van der Waals surface area contributed by atoms with Crippen molar-refractivity contribution in [1.82, 2.24) is 0 Å². The first kappa shape index (κ1) is 87.1. The number of carbonyl (C=O) groups is 4. The molecular formula is C70H136O17P2.